The summed E-state index contributed by atoms with van der Waals surface area (Å²) >= 11 is 0. The van der Waals surface area contributed by atoms with Crippen LogP contribution in [0.5, 0.6) is 0 Å². The van der Waals surface area contributed by atoms with Crippen LogP contribution < -0.4 is 10.6 Å². The zero-order valence-corrected chi connectivity index (χ0v) is 15.1. The Morgan fingerprint density at radius 2 is 1.89 bits per heavy atom. The van der Waals surface area contributed by atoms with Crippen LogP contribution in [0, 0.1) is 0 Å². The number of aromatic nitrogens is 2. The molecule has 0 unspecified atom stereocenters. The lowest BCUT2D eigenvalue weighted by Crippen LogP contribution is -2.41. The number of rotatable bonds is 6. The normalized spacial score (nSPS) is 11.6. The van der Waals surface area contributed by atoms with Gasteiger partial charge in [0.15, 0.2) is 0 Å². The van der Waals surface area contributed by atoms with Gasteiger partial charge in [-0.2, -0.15) is 4.98 Å². The van der Waals surface area contributed by atoms with Gasteiger partial charge >= 0.3 is 0 Å². The number of amides is 2. The maximum atomic E-state index is 12.4. The fourth-order valence-electron chi connectivity index (χ4n) is 2.44. The minimum atomic E-state index is -0.696. The van der Waals surface area contributed by atoms with E-state index in [4.69, 9.17) is 4.52 Å². The highest BCUT2D eigenvalue weighted by Gasteiger charge is 2.17. The van der Waals surface area contributed by atoms with Crippen LogP contribution >= 0.6 is 0 Å². The molecule has 0 radical (unpaired) electrons. The van der Waals surface area contributed by atoms with Crippen LogP contribution in [0.2, 0.25) is 0 Å². The highest BCUT2D eigenvalue weighted by molar-refractivity contribution is 6.01. The molecule has 0 aliphatic rings. The summed E-state index contributed by atoms with van der Waals surface area (Å²) in [5.74, 6) is 0.398. The van der Waals surface area contributed by atoms with E-state index in [9.17, 15) is 9.59 Å². The van der Waals surface area contributed by atoms with Gasteiger partial charge in [-0.3, -0.25) is 9.59 Å². The molecule has 1 heterocycles. The second kappa shape index (κ2) is 8.27. The first-order valence-electron chi connectivity index (χ1n) is 8.66. The molecule has 2 amide bonds. The van der Waals surface area contributed by atoms with Crippen molar-refractivity contribution in [3.63, 3.8) is 0 Å². The summed E-state index contributed by atoms with van der Waals surface area (Å²) < 4.78 is 5.12. The third-order valence-electron chi connectivity index (χ3n) is 3.94. The Morgan fingerprint density at radius 3 is 2.59 bits per heavy atom. The molecule has 27 heavy (non-hydrogen) atoms. The maximum absolute atomic E-state index is 12.4. The van der Waals surface area contributed by atoms with E-state index in [1.54, 1.807) is 49.4 Å². The Morgan fingerprint density at radius 1 is 1.11 bits per heavy atom. The van der Waals surface area contributed by atoms with Crippen LogP contribution in [0.4, 0.5) is 5.69 Å². The summed E-state index contributed by atoms with van der Waals surface area (Å²) in [6, 6.07) is 15.2. The lowest BCUT2D eigenvalue weighted by Gasteiger charge is -2.14. The first kappa shape index (κ1) is 18.3. The van der Waals surface area contributed by atoms with Gasteiger partial charge in [0.05, 0.1) is 0 Å². The van der Waals surface area contributed by atoms with Crippen molar-refractivity contribution in [3.8, 4) is 11.4 Å². The van der Waals surface area contributed by atoms with Gasteiger partial charge < -0.3 is 15.2 Å². The van der Waals surface area contributed by atoms with Crippen LogP contribution in [0.3, 0.4) is 0 Å². The number of hydrogen-bond donors (Lipinski definition) is 2. The number of hydrogen-bond acceptors (Lipinski definition) is 5. The van der Waals surface area contributed by atoms with Gasteiger partial charge in [0, 0.05) is 23.2 Å². The van der Waals surface area contributed by atoms with E-state index in [0.717, 1.165) is 5.56 Å². The smallest absolute Gasteiger partial charge is 0.251 e. The summed E-state index contributed by atoms with van der Waals surface area (Å²) in [5, 5.41) is 9.40. The van der Waals surface area contributed by atoms with Gasteiger partial charge in [-0.25, -0.2) is 0 Å². The molecule has 138 valence electrons. The average molecular weight is 364 g/mol. The van der Waals surface area contributed by atoms with E-state index < -0.39 is 6.04 Å². The Labute approximate surface area is 156 Å². The van der Waals surface area contributed by atoms with Gasteiger partial charge in [-0.1, -0.05) is 42.4 Å². The third kappa shape index (κ3) is 4.58. The van der Waals surface area contributed by atoms with Crippen molar-refractivity contribution in [1.82, 2.24) is 15.5 Å². The quantitative estimate of drug-likeness (QED) is 0.701. The Hall–Kier alpha value is -3.48. The maximum Gasteiger partial charge on any atom is 0.251 e. The van der Waals surface area contributed by atoms with Gasteiger partial charge in [0.25, 0.3) is 5.91 Å². The van der Waals surface area contributed by atoms with E-state index in [-0.39, 0.29) is 11.8 Å². The molecule has 1 atom stereocenters. The molecule has 2 aromatic carbocycles. The molecular formula is C20H20N4O3. The molecule has 3 rings (SSSR count). The van der Waals surface area contributed by atoms with E-state index in [1.165, 1.54) is 0 Å². The minimum absolute atomic E-state index is 0.300. The zero-order valence-electron chi connectivity index (χ0n) is 15.1. The van der Waals surface area contributed by atoms with Crippen LogP contribution in [0.15, 0.2) is 59.1 Å². The van der Waals surface area contributed by atoms with Gasteiger partial charge in [0.1, 0.15) is 6.04 Å². The molecule has 0 aliphatic carbocycles. The molecule has 3 aromatic rings. The molecule has 0 saturated carbocycles. The van der Waals surface area contributed by atoms with Crippen LogP contribution in [-0.4, -0.2) is 28.0 Å². The second-order valence-corrected chi connectivity index (χ2v) is 6.00. The number of nitrogens with zero attached hydrogens (tertiary/aromatic N) is 2. The summed E-state index contributed by atoms with van der Waals surface area (Å²) in [6.07, 6.45) is 0.655. The lowest BCUT2D eigenvalue weighted by atomic mass is 10.1. The van der Waals surface area contributed by atoms with E-state index in [0.29, 0.717) is 29.4 Å². The first-order valence-corrected chi connectivity index (χ1v) is 8.66. The van der Waals surface area contributed by atoms with Crippen LogP contribution in [0.1, 0.15) is 30.1 Å². The van der Waals surface area contributed by atoms with Crippen LogP contribution in [-0.2, 0) is 11.2 Å². The molecule has 0 saturated heterocycles. The fourth-order valence-corrected chi connectivity index (χ4v) is 2.44. The second-order valence-electron chi connectivity index (χ2n) is 6.00. The summed E-state index contributed by atoms with van der Waals surface area (Å²) in [4.78, 5) is 28.8. The number of benzene rings is 2. The Bertz CT molecular complexity index is 937. The lowest BCUT2D eigenvalue weighted by molar-refractivity contribution is -0.117. The van der Waals surface area contributed by atoms with Crippen molar-refractivity contribution >= 4 is 17.5 Å². The van der Waals surface area contributed by atoms with Crippen molar-refractivity contribution in [2.75, 3.05) is 5.32 Å². The number of anilines is 1. The SMILES string of the molecule is CCc1nc(-c2cccc(NC(=O)[C@H](C)NC(=O)c3ccccc3)c2)no1. The molecular weight excluding hydrogens is 344 g/mol. The van der Waals surface area contributed by atoms with Crippen molar-refractivity contribution in [1.29, 1.82) is 0 Å². The summed E-state index contributed by atoms with van der Waals surface area (Å²) in [6.45, 7) is 3.56. The van der Waals surface area contributed by atoms with Crippen molar-refractivity contribution < 1.29 is 14.1 Å². The molecule has 0 fully saturated rings. The van der Waals surface area contributed by atoms with Crippen molar-refractivity contribution in [3.05, 3.63) is 66.1 Å². The first-order chi connectivity index (χ1) is 13.1. The molecule has 1 aromatic heterocycles. The average Bonchev–Trinajstić information content (AvgIpc) is 3.18. The van der Waals surface area contributed by atoms with Gasteiger partial charge in [-0.05, 0) is 31.2 Å². The Kier molecular flexibility index (Phi) is 5.61. The predicted octanol–water partition coefficient (Wildman–Crippen LogP) is 3.06. The highest BCUT2D eigenvalue weighted by Crippen LogP contribution is 2.20. The molecule has 0 spiro atoms. The fraction of sp³-hybridized carbons (Fsp3) is 0.200. The van der Waals surface area contributed by atoms with Gasteiger partial charge in [-0.15, -0.1) is 0 Å². The summed E-state index contributed by atoms with van der Waals surface area (Å²) in [7, 11) is 0. The largest absolute Gasteiger partial charge is 0.341 e. The van der Waals surface area contributed by atoms with Crippen LogP contribution in [0.25, 0.3) is 11.4 Å². The van der Waals surface area contributed by atoms with E-state index in [2.05, 4.69) is 20.8 Å². The number of aryl methyl sites for hydroxylation is 1. The molecule has 0 bridgehead atoms. The highest BCUT2D eigenvalue weighted by atomic mass is 16.5. The van der Waals surface area contributed by atoms with Crippen molar-refractivity contribution in [2.45, 2.75) is 26.3 Å². The molecule has 2 N–H and O–H groups in total. The Balaban J connectivity index is 1.65. The molecule has 0 aliphatic heterocycles. The predicted molar refractivity (Wildman–Crippen MR) is 101 cm³/mol. The third-order valence-corrected chi connectivity index (χ3v) is 3.94. The van der Waals surface area contributed by atoms with E-state index in [1.807, 2.05) is 19.1 Å². The minimum Gasteiger partial charge on any atom is -0.341 e. The number of carbonyl (C=O) groups is 2. The zero-order chi connectivity index (χ0) is 19.2. The van der Waals surface area contributed by atoms with Gasteiger partial charge in [0.2, 0.25) is 17.6 Å². The van der Waals surface area contributed by atoms with E-state index >= 15 is 0 Å². The van der Waals surface area contributed by atoms with Crippen molar-refractivity contribution in [2.24, 2.45) is 0 Å². The summed E-state index contributed by atoms with van der Waals surface area (Å²) in [5.41, 5.74) is 1.82. The molecule has 7 heteroatoms. The standard InChI is InChI=1S/C20H20N4O3/c1-3-17-23-18(24-27-17)15-10-7-11-16(12-15)22-19(25)13(2)21-20(26)14-8-5-4-6-9-14/h4-13H,3H2,1-2H3,(H,21,26)(H,22,25)/t13-/m0/s1. The number of carbonyl (C=O) groups excluding carboxylic acids is 2. The molecule has 7 nitrogen and oxygen atoms in total. The monoisotopic (exact) mass is 364 g/mol. The number of nitrogens with one attached hydrogen (secondary N) is 2. The topological polar surface area (TPSA) is 97.1 Å².